The molecule has 6 heteroatoms. The maximum absolute atomic E-state index is 13.1. The van der Waals surface area contributed by atoms with Crippen molar-refractivity contribution in [3.63, 3.8) is 0 Å². The number of rotatable bonds is 2. The molecule has 1 N–H and O–H groups in total. The van der Waals surface area contributed by atoms with E-state index in [1.165, 1.54) is 11.1 Å². The summed E-state index contributed by atoms with van der Waals surface area (Å²) in [4.78, 5) is 17.4. The third kappa shape index (κ3) is 6.34. The molecule has 4 rings (SSSR count). The topological polar surface area (TPSA) is 62.2 Å². The first-order chi connectivity index (χ1) is 16.0. The predicted octanol–water partition coefficient (Wildman–Crippen LogP) is 3.49. The van der Waals surface area contributed by atoms with Crippen molar-refractivity contribution in [2.75, 3.05) is 39.5 Å². The lowest BCUT2D eigenvalue weighted by Crippen LogP contribution is -2.40. The Kier molecular flexibility index (Phi) is 8.02. The molecule has 33 heavy (non-hydrogen) atoms. The van der Waals surface area contributed by atoms with Crippen LogP contribution in [0, 0.1) is 0 Å². The van der Waals surface area contributed by atoms with Crippen molar-refractivity contribution in [1.82, 2.24) is 9.80 Å². The van der Waals surface area contributed by atoms with Gasteiger partial charge in [-0.05, 0) is 61.6 Å². The number of carbonyl (C=O) groups excluding carboxylic acids is 1. The number of aliphatic hydroxyl groups excluding tert-OH is 1. The summed E-state index contributed by atoms with van der Waals surface area (Å²) in [5.74, 6) is 0.823. The van der Waals surface area contributed by atoms with E-state index in [9.17, 15) is 9.90 Å². The van der Waals surface area contributed by atoms with E-state index in [-0.39, 0.29) is 12.0 Å². The van der Waals surface area contributed by atoms with Gasteiger partial charge < -0.3 is 19.5 Å². The minimum atomic E-state index is -0.298. The van der Waals surface area contributed by atoms with Crippen LogP contribution in [0.25, 0.3) is 0 Å². The zero-order valence-electron chi connectivity index (χ0n) is 19.8. The monoisotopic (exact) mass is 452 g/mol. The highest BCUT2D eigenvalue weighted by molar-refractivity contribution is 5.94. The Morgan fingerprint density at radius 3 is 2.58 bits per heavy atom. The summed E-state index contributed by atoms with van der Waals surface area (Å²) < 4.78 is 11.9. The fourth-order valence-corrected chi connectivity index (χ4v) is 4.55. The zero-order chi connectivity index (χ0) is 23.2. The number of piperidine rings is 1. The van der Waals surface area contributed by atoms with Crippen molar-refractivity contribution in [3.05, 3.63) is 64.7 Å². The highest BCUT2D eigenvalue weighted by Gasteiger charge is 2.23. The minimum Gasteiger partial charge on any atom is -0.491 e. The van der Waals surface area contributed by atoms with Gasteiger partial charge >= 0.3 is 0 Å². The molecule has 2 aromatic rings. The number of nitrogens with zero attached hydrogens (tertiary/aromatic N) is 2. The van der Waals surface area contributed by atoms with Gasteiger partial charge in [-0.3, -0.25) is 9.69 Å². The highest BCUT2D eigenvalue weighted by atomic mass is 16.5. The maximum Gasteiger partial charge on any atom is 0.253 e. The molecular formula is C27H36N2O4. The van der Waals surface area contributed by atoms with Crippen molar-refractivity contribution in [2.45, 2.75) is 51.8 Å². The number of benzene rings is 2. The third-order valence-electron chi connectivity index (χ3n) is 6.57. The molecule has 2 bridgehead atoms. The Labute approximate surface area is 197 Å². The van der Waals surface area contributed by atoms with Crippen LogP contribution < -0.4 is 4.74 Å². The van der Waals surface area contributed by atoms with Gasteiger partial charge in [-0.25, -0.2) is 0 Å². The summed E-state index contributed by atoms with van der Waals surface area (Å²) >= 11 is 0. The van der Waals surface area contributed by atoms with E-state index in [2.05, 4.69) is 43.0 Å². The summed E-state index contributed by atoms with van der Waals surface area (Å²) in [5.41, 5.74) is 4.17. The van der Waals surface area contributed by atoms with E-state index in [1.54, 1.807) is 0 Å². The average Bonchev–Trinajstić information content (AvgIpc) is 2.81. The number of hydrogen-bond donors (Lipinski definition) is 1. The molecular weight excluding hydrogens is 416 g/mol. The molecule has 0 unspecified atom stereocenters. The first kappa shape index (κ1) is 23.7. The van der Waals surface area contributed by atoms with E-state index < -0.39 is 0 Å². The lowest BCUT2D eigenvalue weighted by atomic mass is 9.99. The van der Waals surface area contributed by atoms with Gasteiger partial charge in [0.15, 0.2) is 0 Å². The quantitative estimate of drug-likeness (QED) is 0.756. The van der Waals surface area contributed by atoms with Crippen molar-refractivity contribution in [3.8, 4) is 5.75 Å². The Balaban J connectivity index is 1.59. The first-order valence-electron chi connectivity index (χ1n) is 12.1. The van der Waals surface area contributed by atoms with E-state index in [1.807, 2.05) is 23.1 Å². The molecule has 0 spiro atoms. The average molecular weight is 453 g/mol. The molecule has 2 aliphatic heterocycles. The molecule has 0 saturated carbocycles. The van der Waals surface area contributed by atoms with Crippen molar-refractivity contribution >= 4 is 5.91 Å². The molecule has 1 amide bonds. The number of hydrogen-bond acceptors (Lipinski definition) is 5. The van der Waals surface area contributed by atoms with Crippen LogP contribution in [0.2, 0.25) is 0 Å². The number of amides is 1. The van der Waals surface area contributed by atoms with Gasteiger partial charge in [0.2, 0.25) is 0 Å². The van der Waals surface area contributed by atoms with Gasteiger partial charge in [0.1, 0.15) is 12.4 Å². The first-order valence-corrected chi connectivity index (χ1v) is 12.1. The summed E-state index contributed by atoms with van der Waals surface area (Å²) in [5, 5.41) is 9.77. The van der Waals surface area contributed by atoms with Crippen LogP contribution in [-0.4, -0.2) is 72.4 Å². The van der Waals surface area contributed by atoms with Gasteiger partial charge in [0.05, 0.1) is 19.3 Å². The summed E-state index contributed by atoms with van der Waals surface area (Å²) in [6.07, 6.45) is 1.68. The van der Waals surface area contributed by atoms with E-state index in [0.29, 0.717) is 63.8 Å². The third-order valence-corrected chi connectivity index (χ3v) is 6.57. The van der Waals surface area contributed by atoms with E-state index in [4.69, 9.17) is 9.47 Å². The van der Waals surface area contributed by atoms with Crippen LogP contribution in [0.15, 0.2) is 42.5 Å². The Morgan fingerprint density at radius 1 is 1.00 bits per heavy atom. The number of carbonyl (C=O) groups is 1. The SMILES string of the molecule is CC(C)N1CCOCCOc2ccc(C(=O)N3CCC(O)CC3)cc2Cc2cccc(c2)C1. The van der Waals surface area contributed by atoms with Gasteiger partial charge in [0.25, 0.3) is 5.91 Å². The Bertz CT molecular complexity index is 937. The van der Waals surface area contributed by atoms with Crippen molar-refractivity contribution in [1.29, 1.82) is 0 Å². The predicted molar refractivity (Wildman–Crippen MR) is 129 cm³/mol. The van der Waals surface area contributed by atoms with Crippen LogP contribution in [0.5, 0.6) is 5.75 Å². The summed E-state index contributed by atoms with van der Waals surface area (Å²) in [6, 6.07) is 14.9. The fourth-order valence-electron chi connectivity index (χ4n) is 4.55. The van der Waals surface area contributed by atoms with Gasteiger partial charge in [-0.1, -0.05) is 24.3 Å². The molecule has 0 atom stereocenters. The molecule has 6 nitrogen and oxygen atoms in total. The van der Waals surface area contributed by atoms with Crippen LogP contribution in [0.4, 0.5) is 0 Å². The molecule has 2 aromatic carbocycles. The Hall–Kier alpha value is -2.41. The highest BCUT2D eigenvalue weighted by Crippen LogP contribution is 2.26. The lowest BCUT2D eigenvalue weighted by molar-refractivity contribution is 0.0546. The van der Waals surface area contributed by atoms with Crippen LogP contribution in [-0.2, 0) is 17.7 Å². The summed E-state index contributed by atoms with van der Waals surface area (Å²) in [6.45, 7) is 9.08. The molecule has 0 aromatic heterocycles. The smallest absolute Gasteiger partial charge is 0.253 e. The second-order valence-corrected chi connectivity index (χ2v) is 9.37. The molecule has 2 heterocycles. The van der Waals surface area contributed by atoms with E-state index >= 15 is 0 Å². The van der Waals surface area contributed by atoms with Gasteiger partial charge in [0, 0.05) is 44.2 Å². The standard InChI is InChI=1S/C27H36N2O4/c1-20(2)29-12-13-32-14-15-33-26-7-6-23(27(31)28-10-8-25(30)9-11-28)18-24(26)17-21-4-3-5-22(16-21)19-29/h3-7,16,18,20,25,30H,8-15,17,19H2,1-2H3. The Morgan fingerprint density at radius 2 is 1.79 bits per heavy atom. The van der Waals surface area contributed by atoms with Gasteiger partial charge in [-0.15, -0.1) is 0 Å². The van der Waals surface area contributed by atoms with Crippen molar-refractivity contribution < 1.29 is 19.4 Å². The number of ether oxygens (including phenoxy) is 2. The van der Waals surface area contributed by atoms with Gasteiger partial charge in [-0.2, -0.15) is 0 Å². The number of likely N-dealkylation sites (tertiary alicyclic amines) is 1. The molecule has 2 aliphatic rings. The molecule has 1 fully saturated rings. The van der Waals surface area contributed by atoms with Crippen LogP contribution in [0.3, 0.4) is 0 Å². The van der Waals surface area contributed by atoms with Crippen LogP contribution >= 0.6 is 0 Å². The van der Waals surface area contributed by atoms with E-state index in [0.717, 1.165) is 24.4 Å². The normalized spacial score (nSPS) is 19.0. The zero-order valence-corrected chi connectivity index (χ0v) is 19.8. The maximum atomic E-state index is 13.1. The molecule has 0 aliphatic carbocycles. The van der Waals surface area contributed by atoms with Crippen molar-refractivity contribution in [2.24, 2.45) is 0 Å². The number of aliphatic hydroxyl groups is 1. The van der Waals surface area contributed by atoms with Crippen LogP contribution in [0.1, 0.15) is 53.7 Å². The second kappa shape index (κ2) is 11.1. The largest absolute Gasteiger partial charge is 0.491 e. The lowest BCUT2D eigenvalue weighted by Gasteiger charge is -2.30. The number of fused-ring (bicyclic) bond motifs is 3. The minimum absolute atomic E-state index is 0.0220. The second-order valence-electron chi connectivity index (χ2n) is 9.37. The molecule has 178 valence electrons. The molecule has 0 radical (unpaired) electrons. The molecule has 1 saturated heterocycles. The fraction of sp³-hybridized carbons (Fsp3) is 0.519. The summed E-state index contributed by atoms with van der Waals surface area (Å²) in [7, 11) is 0.